The van der Waals surface area contributed by atoms with Crippen LogP contribution in [0.5, 0.6) is 5.75 Å². The van der Waals surface area contributed by atoms with Gasteiger partial charge >= 0.3 is 0 Å². The molecule has 1 aromatic rings. The maximum atomic E-state index is 6.25. The number of methoxy groups -OCH3 is 1. The molecule has 0 N–H and O–H groups in total. The Morgan fingerprint density at radius 3 is 2.56 bits per heavy atom. The summed E-state index contributed by atoms with van der Waals surface area (Å²) in [6, 6.07) is 6.12. The van der Waals surface area contributed by atoms with Crippen molar-refractivity contribution in [1.29, 1.82) is 0 Å². The van der Waals surface area contributed by atoms with Gasteiger partial charge in [0.1, 0.15) is 5.75 Å². The highest BCUT2D eigenvalue weighted by molar-refractivity contribution is 7.80. The lowest BCUT2D eigenvalue weighted by molar-refractivity contribution is 0.293. The van der Waals surface area contributed by atoms with Crippen molar-refractivity contribution in [2.24, 2.45) is 0 Å². The summed E-state index contributed by atoms with van der Waals surface area (Å²) < 4.78 is 5.14. The molecule has 1 aromatic carbocycles. The van der Waals surface area contributed by atoms with E-state index in [4.69, 9.17) is 16.3 Å². The summed E-state index contributed by atoms with van der Waals surface area (Å²) in [5.74, 6) is 1.63. The van der Waals surface area contributed by atoms with Gasteiger partial charge in [0.05, 0.1) is 7.11 Å². The largest absolute Gasteiger partial charge is 0.497 e. The van der Waals surface area contributed by atoms with E-state index in [0.717, 1.165) is 28.5 Å². The fourth-order valence-electron chi connectivity index (χ4n) is 1.72. The Morgan fingerprint density at radius 2 is 2.12 bits per heavy atom. The van der Waals surface area contributed by atoms with Gasteiger partial charge in [0.2, 0.25) is 0 Å². The van der Waals surface area contributed by atoms with Crippen molar-refractivity contribution in [2.75, 3.05) is 27.0 Å². The van der Waals surface area contributed by atoms with Crippen LogP contribution in [0, 0.1) is 0 Å². The lowest BCUT2D eigenvalue weighted by Gasteiger charge is -2.25. The Labute approximate surface area is 108 Å². The Balaban J connectivity index is 3.00. The lowest BCUT2D eigenvalue weighted by atomic mass is 10.0. The van der Waals surface area contributed by atoms with Gasteiger partial charge in [-0.25, -0.2) is 0 Å². The average molecular weight is 260 g/mol. The molecule has 0 bridgehead atoms. The summed E-state index contributed by atoms with van der Waals surface area (Å²) in [6.07, 6.45) is 0.974. The zero-order valence-electron chi connectivity index (χ0n) is 9.90. The molecule has 0 fully saturated rings. The second kappa shape index (κ2) is 6.38. The zero-order valence-corrected chi connectivity index (χ0v) is 11.6. The van der Waals surface area contributed by atoms with Crippen LogP contribution in [-0.2, 0) is 0 Å². The predicted octanol–water partition coefficient (Wildman–Crippen LogP) is 3.27. The van der Waals surface area contributed by atoms with E-state index in [9.17, 15) is 0 Å². The first kappa shape index (κ1) is 13.7. The van der Waals surface area contributed by atoms with Crippen molar-refractivity contribution in [3.63, 3.8) is 0 Å². The number of hydrogen-bond acceptors (Lipinski definition) is 3. The molecule has 1 rings (SSSR count). The van der Waals surface area contributed by atoms with Gasteiger partial charge in [0, 0.05) is 11.1 Å². The highest BCUT2D eigenvalue weighted by Crippen LogP contribution is 2.31. The van der Waals surface area contributed by atoms with E-state index in [1.807, 2.05) is 18.2 Å². The van der Waals surface area contributed by atoms with E-state index >= 15 is 0 Å². The van der Waals surface area contributed by atoms with Crippen LogP contribution in [0.1, 0.15) is 18.0 Å². The second-order valence-corrected chi connectivity index (χ2v) is 4.73. The average Bonchev–Trinajstić information content (AvgIpc) is 2.26. The van der Waals surface area contributed by atoms with Gasteiger partial charge in [-0.2, -0.15) is 12.6 Å². The first-order valence-corrected chi connectivity index (χ1v) is 6.22. The van der Waals surface area contributed by atoms with Gasteiger partial charge < -0.3 is 9.64 Å². The molecular weight excluding hydrogens is 242 g/mol. The molecule has 0 spiro atoms. The summed E-state index contributed by atoms with van der Waals surface area (Å²) in [4.78, 5) is 2.16. The van der Waals surface area contributed by atoms with E-state index in [0.29, 0.717) is 6.04 Å². The molecule has 16 heavy (non-hydrogen) atoms. The number of hydrogen-bond donors (Lipinski definition) is 1. The lowest BCUT2D eigenvalue weighted by Crippen LogP contribution is -2.20. The number of thiol groups is 1. The minimum atomic E-state index is 0.302. The molecule has 0 saturated carbocycles. The number of nitrogens with zero attached hydrogens (tertiary/aromatic N) is 1. The summed E-state index contributed by atoms with van der Waals surface area (Å²) >= 11 is 10.5. The molecule has 0 radical (unpaired) electrons. The molecule has 0 saturated heterocycles. The normalized spacial score (nSPS) is 12.9. The van der Waals surface area contributed by atoms with Crippen molar-refractivity contribution in [2.45, 2.75) is 12.5 Å². The van der Waals surface area contributed by atoms with Crippen LogP contribution >= 0.6 is 24.2 Å². The third kappa shape index (κ3) is 3.30. The maximum absolute atomic E-state index is 6.25. The van der Waals surface area contributed by atoms with Crippen LogP contribution in [0.2, 0.25) is 5.02 Å². The molecule has 0 aliphatic heterocycles. The number of benzene rings is 1. The van der Waals surface area contributed by atoms with E-state index < -0.39 is 0 Å². The molecule has 1 unspecified atom stereocenters. The van der Waals surface area contributed by atoms with E-state index in [1.165, 1.54) is 0 Å². The van der Waals surface area contributed by atoms with Crippen molar-refractivity contribution < 1.29 is 4.74 Å². The van der Waals surface area contributed by atoms with Crippen LogP contribution in [0.3, 0.4) is 0 Å². The smallest absolute Gasteiger partial charge is 0.120 e. The molecule has 0 amide bonds. The number of rotatable bonds is 5. The predicted molar refractivity (Wildman–Crippen MR) is 72.9 cm³/mol. The second-order valence-electron chi connectivity index (χ2n) is 3.88. The van der Waals surface area contributed by atoms with E-state index in [2.05, 4.69) is 31.6 Å². The maximum Gasteiger partial charge on any atom is 0.120 e. The quantitative estimate of drug-likeness (QED) is 0.815. The van der Waals surface area contributed by atoms with Crippen LogP contribution in [0.4, 0.5) is 0 Å². The summed E-state index contributed by atoms with van der Waals surface area (Å²) in [5.41, 5.74) is 1.13. The highest BCUT2D eigenvalue weighted by Gasteiger charge is 2.16. The highest BCUT2D eigenvalue weighted by atomic mass is 35.5. The fraction of sp³-hybridized carbons (Fsp3) is 0.500. The Hall–Kier alpha value is -0.380. The van der Waals surface area contributed by atoms with Crippen molar-refractivity contribution >= 4 is 24.2 Å². The monoisotopic (exact) mass is 259 g/mol. The first-order valence-electron chi connectivity index (χ1n) is 5.21. The first-order chi connectivity index (χ1) is 7.60. The van der Waals surface area contributed by atoms with Gasteiger partial charge in [-0.15, -0.1) is 0 Å². The third-order valence-electron chi connectivity index (χ3n) is 2.59. The van der Waals surface area contributed by atoms with Gasteiger partial charge in [-0.1, -0.05) is 17.7 Å². The Morgan fingerprint density at radius 1 is 1.44 bits per heavy atom. The van der Waals surface area contributed by atoms with Gasteiger partial charge in [0.25, 0.3) is 0 Å². The molecule has 1 atom stereocenters. The van der Waals surface area contributed by atoms with Gasteiger partial charge in [-0.05, 0) is 44.0 Å². The molecule has 2 nitrogen and oxygen atoms in total. The van der Waals surface area contributed by atoms with Crippen LogP contribution in [0.15, 0.2) is 18.2 Å². The van der Waals surface area contributed by atoms with Crippen LogP contribution < -0.4 is 4.74 Å². The van der Waals surface area contributed by atoms with Crippen molar-refractivity contribution in [3.05, 3.63) is 28.8 Å². The molecule has 4 heteroatoms. The van der Waals surface area contributed by atoms with Crippen LogP contribution in [0.25, 0.3) is 0 Å². The SMILES string of the molecule is COc1ccc(C(CCS)N(C)C)c(Cl)c1. The third-order valence-corrected chi connectivity index (χ3v) is 3.18. The van der Waals surface area contributed by atoms with Crippen molar-refractivity contribution in [3.8, 4) is 5.75 Å². The molecule has 0 aromatic heterocycles. The van der Waals surface area contributed by atoms with Crippen molar-refractivity contribution in [1.82, 2.24) is 4.90 Å². The minimum absolute atomic E-state index is 0.302. The Bertz CT molecular complexity index is 344. The number of ether oxygens (including phenoxy) is 1. The van der Waals surface area contributed by atoms with E-state index in [1.54, 1.807) is 7.11 Å². The Kier molecular flexibility index (Phi) is 5.46. The topological polar surface area (TPSA) is 12.5 Å². The zero-order chi connectivity index (χ0) is 12.1. The van der Waals surface area contributed by atoms with E-state index in [-0.39, 0.29) is 0 Å². The molecule has 0 aliphatic rings. The molecule has 0 heterocycles. The van der Waals surface area contributed by atoms with Gasteiger partial charge in [0.15, 0.2) is 0 Å². The van der Waals surface area contributed by atoms with Gasteiger partial charge in [-0.3, -0.25) is 0 Å². The summed E-state index contributed by atoms with van der Waals surface area (Å²) in [6.45, 7) is 0. The number of halogens is 1. The molecular formula is C12H18ClNOS. The van der Waals surface area contributed by atoms with Crippen LogP contribution in [-0.4, -0.2) is 31.9 Å². The minimum Gasteiger partial charge on any atom is -0.497 e. The summed E-state index contributed by atoms with van der Waals surface area (Å²) in [7, 11) is 5.74. The molecule has 0 aliphatic carbocycles. The fourth-order valence-corrected chi connectivity index (χ4v) is 2.26. The standard InChI is InChI=1S/C12H18ClNOS/c1-14(2)12(6-7-16)10-5-4-9(15-3)8-11(10)13/h4-5,8,12,16H,6-7H2,1-3H3. The molecule has 90 valence electrons. The summed E-state index contributed by atoms with van der Waals surface area (Å²) in [5, 5.41) is 0.750.